The van der Waals surface area contributed by atoms with E-state index in [9.17, 15) is 4.79 Å². The lowest BCUT2D eigenvalue weighted by molar-refractivity contribution is 0.103. The van der Waals surface area contributed by atoms with Gasteiger partial charge in [-0.2, -0.15) is 0 Å². The van der Waals surface area contributed by atoms with Crippen LogP contribution < -0.4 is 4.74 Å². The van der Waals surface area contributed by atoms with Gasteiger partial charge >= 0.3 is 0 Å². The van der Waals surface area contributed by atoms with Crippen molar-refractivity contribution in [3.8, 4) is 5.75 Å². The minimum atomic E-state index is 0.0385. The number of benzene rings is 1. The fourth-order valence-corrected chi connectivity index (χ4v) is 2.46. The van der Waals surface area contributed by atoms with Gasteiger partial charge in [0.05, 0.1) is 17.0 Å². The van der Waals surface area contributed by atoms with Crippen LogP contribution in [0.25, 0.3) is 0 Å². The fourth-order valence-electron chi connectivity index (χ4n) is 1.78. The van der Waals surface area contributed by atoms with Gasteiger partial charge in [0.25, 0.3) is 0 Å². The Morgan fingerprint density at radius 1 is 1.28 bits per heavy atom. The summed E-state index contributed by atoms with van der Waals surface area (Å²) in [4.78, 5) is 13.1. The first-order valence-electron chi connectivity index (χ1n) is 5.95. The molecule has 1 aromatic heterocycles. The molecule has 1 heterocycles. The lowest BCUT2D eigenvalue weighted by atomic mass is 10.0. The molecule has 18 heavy (non-hydrogen) atoms. The molecule has 0 N–H and O–H groups in total. The number of rotatable bonds is 4. The molecule has 0 atom stereocenters. The topological polar surface area (TPSA) is 26.3 Å². The van der Waals surface area contributed by atoms with Gasteiger partial charge in [0.15, 0.2) is 0 Å². The Morgan fingerprint density at radius 3 is 2.61 bits per heavy atom. The molecule has 0 fully saturated rings. The monoisotopic (exact) mass is 260 g/mol. The highest BCUT2D eigenvalue weighted by atomic mass is 32.1. The number of hydrogen-bond acceptors (Lipinski definition) is 3. The van der Waals surface area contributed by atoms with Crippen LogP contribution in [-0.4, -0.2) is 12.4 Å². The quantitative estimate of drug-likeness (QED) is 0.777. The van der Waals surface area contributed by atoms with Crippen LogP contribution in [0.5, 0.6) is 5.75 Å². The van der Waals surface area contributed by atoms with Crippen LogP contribution in [0.3, 0.4) is 0 Å². The summed E-state index contributed by atoms with van der Waals surface area (Å²) in [5.74, 6) is 0.718. The number of carbonyl (C=O) groups excluding carboxylic acids is 1. The molecule has 1 aromatic carbocycles. The number of aryl methyl sites for hydroxylation is 2. The zero-order chi connectivity index (χ0) is 13.1. The number of ether oxygens (including phenoxy) is 1. The van der Waals surface area contributed by atoms with Crippen molar-refractivity contribution < 1.29 is 9.53 Å². The lowest BCUT2D eigenvalue weighted by Crippen LogP contribution is -2.05. The Bertz CT molecular complexity index is 556. The normalized spacial score (nSPS) is 10.4. The molecular formula is C15H16O2S. The molecule has 0 spiro atoms. The van der Waals surface area contributed by atoms with E-state index >= 15 is 0 Å². The molecule has 0 saturated heterocycles. The van der Waals surface area contributed by atoms with Gasteiger partial charge in [-0.05, 0) is 55.5 Å². The second-order valence-corrected chi connectivity index (χ2v) is 5.12. The van der Waals surface area contributed by atoms with Crippen LogP contribution in [0.15, 0.2) is 29.6 Å². The largest absolute Gasteiger partial charge is 0.493 e. The van der Waals surface area contributed by atoms with E-state index in [1.807, 2.05) is 50.4 Å². The van der Waals surface area contributed by atoms with Crippen molar-refractivity contribution in [1.82, 2.24) is 0 Å². The molecule has 2 aromatic rings. The van der Waals surface area contributed by atoms with Gasteiger partial charge in [-0.25, -0.2) is 0 Å². The van der Waals surface area contributed by atoms with Gasteiger partial charge in [-0.3, -0.25) is 4.79 Å². The van der Waals surface area contributed by atoms with E-state index in [1.54, 1.807) is 0 Å². The number of thiophene rings is 1. The molecule has 94 valence electrons. The van der Waals surface area contributed by atoms with E-state index in [2.05, 4.69) is 0 Å². The highest BCUT2D eigenvalue weighted by Gasteiger charge is 2.16. The van der Waals surface area contributed by atoms with Crippen molar-refractivity contribution in [2.75, 3.05) is 6.61 Å². The Morgan fingerprint density at radius 2 is 2.00 bits per heavy atom. The smallest absolute Gasteiger partial charge is 0.206 e. The van der Waals surface area contributed by atoms with E-state index in [0.29, 0.717) is 17.9 Å². The predicted octanol–water partition coefficient (Wildman–Crippen LogP) is 3.99. The molecule has 0 aliphatic heterocycles. The summed E-state index contributed by atoms with van der Waals surface area (Å²) in [6, 6.07) is 7.60. The van der Waals surface area contributed by atoms with Gasteiger partial charge < -0.3 is 4.74 Å². The van der Waals surface area contributed by atoms with Crippen LogP contribution >= 0.6 is 11.3 Å². The maximum Gasteiger partial charge on any atom is 0.206 e. The molecular weight excluding hydrogens is 244 g/mol. The second kappa shape index (κ2) is 5.36. The second-order valence-electron chi connectivity index (χ2n) is 4.17. The van der Waals surface area contributed by atoms with Crippen molar-refractivity contribution in [2.45, 2.75) is 20.8 Å². The summed E-state index contributed by atoms with van der Waals surface area (Å²) in [6.45, 7) is 6.52. The highest BCUT2D eigenvalue weighted by Crippen LogP contribution is 2.27. The summed E-state index contributed by atoms with van der Waals surface area (Å²) in [5.41, 5.74) is 2.90. The molecule has 2 rings (SSSR count). The van der Waals surface area contributed by atoms with Crippen LogP contribution in [0.1, 0.15) is 33.3 Å². The molecule has 0 amide bonds. The van der Waals surface area contributed by atoms with Crippen molar-refractivity contribution >= 4 is 17.1 Å². The minimum Gasteiger partial charge on any atom is -0.493 e. The molecule has 0 aliphatic rings. The zero-order valence-corrected chi connectivity index (χ0v) is 11.6. The van der Waals surface area contributed by atoms with Crippen LogP contribution in [0.4, 0.5) is 0 Å². The first-order chi connectivity index (χ1) is 8.63. The molecule has 3 heteroatoms. The summed E-state index contributed by atoms with van der Waals surface area (Å²) >= 11 is 1.46. The van der Waals surface area contributed by atoms with Crippen LogP contribution in [0.2, 0.25) is 0 Å². The molecule has 0 aliphatic carbocycles. The van der Waals surface area contributed by atoms with Crippen molar-refractivity contribution in [2.24, 2.45) is 0 Å². The van der Waals surface area contributed by atoms with Gasteiger partial charge in [-0.1, -0.05) is 6.07 Å². The standard InChI is InChI=1S/C15H16O2S/c1-4-17-13-9-11(3)10(2)8-12(13)15(16)14-6-5-7-18-14/h5-9H,4H2,1-3H3. The minimum absolute atomic E-state index is 0.0385. The molecule has 0 radical (unpaired) electrons. The Balaban J connectivity index is 2.48. The van der Waals surface area contributed by atoms with Crippen molar-refractivity contribution in [1.29, 1.82) is 0 Å². The van der Waals surface area contributed by atoms with Crippen molar-refractivity contribution in [3.63, 3.8) is 0 Å². The van der Waals surface area contributed by atoms with Crippen molar-refractivity contribution in [3.05, 3.63) is 51.2 Å². The first-order valence-corrected chi connectivity index (χ1v) is 6.83. The predicted molar refractivity (Wildman–Crippen MR) is 74.8 cm³/mol. The average Bonchev–Trinajstić information content (AvgIpc) is 2.86. The van der Waals surface area contributed by atoms with E-state index in [1.165, 1.54) is 11.3 Å². The summed E-state index contributed by atoms with van der Waals surface area (Å²) < 4.78 is 5.58. The number of hydrogen-bond donors (Lipinski definition) is 0. The van der Waals surface area contributed by atoms with E-state index in [4.69, 9.17) is 4.74 Å². The maximum absolute atomic E-state index is 12.4. The number of carbonyl (C=O) groups is 1. The van der Waals surface area contributed by atoms with Gasteiger partial charge in [0, 0.05) is 0 Å². The van der Waals surface area contributed by atoms with E-state index in [0.717, 1.165) is 16.0 Å². The summed E-state index contributed by atoms with van der Waals surface area (Å²) in [6.07, 6.45) is 0. The van der Waals surface area contributed by atoms with Gasteiger partial charge in [0.2, 0.25) is 5.78 Å². The first kappa shape index (κ1) is 12.8. The Labute approximate surface area is 111 Å². The SMILES string of the molecule is CCOc1cc(C)c(C)cc1C(=O)c1cccs1. The Hall–Kier alpha value is -1.61. The van der Waals surface area contributed by atoms with Crippen LogP contribution in [-0.2, 0) is 0 Å². The van der Waals surface area contributed by atoms with E-state index in [-0.39, 0.29) is 5.78 Å². The summed E-state index contributed by atoms with van der Waals surface area (Å²) in [7, 11) is 0. The lowest BCUT2D eigenvalue weighted by Gasteiger charge is -2.11. The van der Waals surface area contributed by atoms with Crippen LogP contribution in [0, 0.1) is 13.8 Å². The van der Waals surface area contributed by atoms with Gasteiger partial charge in [0.1, 0.15) is 5.75 Å². The number of ketones is 1. The summed E-state index contributed by atoms with van der Waals surface area (Å²) in [5, 5.41) is 1.91. The molecule has 0 unspecified atom stereocenters. The molecule has 0 bridgehead atoms. The van der Waals surface area contributed by atoms with Gasteiger partial charge in [-0.15, -0.1) is 11.3 Å². The third-order valence-electron chi connectivity index (χ3n) is 2.89. The molecule has 0 saturated carbocycles. The fraction of sp³-hybridized carbons (Fsp3) is 0.267. The maximum atomic E-state index is 12.4. The van der Waals surface area contributed by atoms with E-state index < -0.39 is 0 Å². The third-order valence-corrected chi connectivity index (χ3v) is 3.75. The average molecular weight is 260 g/mol. The molecule has 2 nitrogen and oxygen atoms in total. The third kappa shape index (κ3) is 2.46. The highest BCUT2D eigenvalue weighted by molar-refractivity contribution is 7.12. The Kier molecular flexibility index (Phi) is 3.82. The zero-order valence-electron chi connectivity index (χ0n) is 10.8.